The number of hydrogen-bond acceptors (Lipinski definition) is 4. The average Bonchev–Trinajstić information content (AvgIpc) is 2.39. The van der Waals surface area contributed by atoms with E-state index in [1.807, 2.05) is 6.92 Å². The van der Waals surface area contributed by atoms with E-state index in [-0.39, 0.29) is 11.5 Å². The Bertz CT molecular complexity index is 406. The van der Waals surface area contributed by atoms with E-state index in [4.69, 9.17) is 4.74 Å². The summed E-state index contributed by atoms with van der Waals surface area (Å²) in [4.78, 5) is 11.5. The van der Waals surface area contributed by atoms with Crippen LogP contribution in [0.25, 0.3) is 6.08 Å². The first-order valence-electron chi connectivity index (χ1n) is 5.89. The Hall–Kier alpha value is -1.97. The van der Waals surface area contributed by atoms with E-state index in [1.54, 1.807) is 30.3 Å². The number of unbranched alkanes of at least 4 members (excludes halogenated alkanes) is 1. The predicted molar refractivity (Wildman–Crippen MR) is 69.0 cm³/mol. The molecule has 0 radical (unpaired) electrons. The third-order valence-corrected chi connectivity index (χ3v) is 2.33. The lowest BCUT2D eigenvalue weighted by Gasteiger charge is -2.08. The maximum atomic E-state index is 11.5. The molecule has 4 heteroatoms. The van der Waals surface area contributed by atoms with Crippen LogP contribution in [0, 0.1) is 0 Å². The Morgan fingerprint density at radius 1 is 1.33 bits per heavy atom. The molecule has 1 rings (SSSR count). The van der Waals surface area contributed by atoms with Crippen molar-refractivity contribution in [1.82, 2.24) is 0 Å². The van der Waals surface area contributed by atoms with Gasteiger partial charge >= 0.3 is 5.97 Å². The summed E-state index contributed by atoms with van der Waals surface area (Å²) in [6, 6.07) is 6.49. The predicted octanol–water partition coefficient (Wildman–Crippen LogP) is 2.72. The molecule has 0 bridgehead atoms. The third-order valence-electron chi connectivity index (χ3n) is 2.33. The number of phenolic OH excluding ortho intramolecular Hbond substituents is 1. The van der Waals surface area contributed by atoms with Crippen molar-refractivity contribution in [2.24, 2.45) is 0 Å². The number of hydrogen-bond donors (Lipinski definition) is 1. The van der Waals surface area contributed by atoms with E-state index in [1.165, 1.54) is 7.11 Å². The molecule has 0 saturated heterocycles. The van der Waals surface area contributed by atoms with Gasteiger partial charge in [0, 0.05) is 0 Å². The van der Waals surface area contributed by atoms with Gasteiger partial charge in [-0.05, 0) is 30.2 Å². The van der Waals surface area contributed by atoms with Crippen molar-refractivity contribution >= 4 is 12.0 Å². The number of carbonyl (C=O) groups is 1. The molecule has 0 unspecified atom stereocenters. The standard InChI is InChI=1S/C14H18O4/c1-3-4-9-18-13(14(16)17-2)10-11-5-7-12(15)8-6-11/h5-8,10,15H,3-4,9H2,1-2H3/b13-10-. The van der Waals surface area contributed by atoms with Crippen molar-refractivity contribution in [3.05, 3.63) is 35.6 Å². The molecule has 0 saturated carbocycles. The highest BCUT2D eigenvalue weighted by Gasteiger charge is 2.11. The molecule has 98 valence electrons. The zero-order valence-electron chi connectivity index (χ0n) is 10.7. The normalized spacial score (nSPS) is 11.1. The highest BCUT2D eigenvalue weighted by Crippen LogP contribution is 2.14. The van der Waals surface area contributed by atoms with Gasteiger partial charge in [-0.15, -0.1) is 0 Å². The minimum absolute atomic E-state index is 0.177. The quantitative estimate of drug-likeness (QED) is 0.365. The molecular formula is C14H18O4. The van der Waals surface area contributed by atoms with Gasteiger partial charge in [0.05, 0.1) is 13.7 Å². The fourth-order valence-electron chi connectivity index (χ4n) is 1.31. The van der Waals surface area contributed by atoms with Gasteiger partial charge in [-0.3, -0.25) is 0 Å². The molecule has 0 aliphatic heterocycles. The maximum absolute atomic E-state index is 11.5. The number of ether oxygens (including phenoxy) is 2. The first kappa shape index (κ1) is 14.1. The molecule has 0 aliphatic rings. The minimum atomic E-state index is -0.501. The highest BCUT2D eigenvalue weighted by atomic mass is 16.6. The number of benzene rings is 1. The van der Waals surface area contributed by atoms with Crippen LogP contribution in [-0.2, 0) is 14.3 Å². The number of aromatic hydroxyl groups is 1. The molecule has 0 atom stereocenters. The van der Waals surface area contributed by atoms with Crippen LogP contribution in [0.4, 0.5) is 0 Å². The Labute approximate surface area is 107 Å². The van der Waals surface area contributed by atoms with Crippen LogP contribution in [0.5, 0.6) is 5.75 Å². The fraction of sp³-hybridized carbons (Fsp3) is 0.357. The second kappa shape index (κ2) is 7.37. The lowest BCUT2D eigenvalue weighted by Crippen LogP contribution is -2.09. The smallest absolute Gasteiger partial charge is 0.373 e. The molecular weight excluding hydrogens is 232 g/mol. The number of methoxy groups -OCH3 is 1. The average molecular weight is 250 g/mol. The van der Waals surface area contributed by atoms with Crippen LogP contribution in [0.15, 0.2) is 30.0 Å². The van der Waals surface area contributed by atoms with Gasteiger partial charge in [0.2, 0.25) is 5.76 Å². The van der Waals surface area contributed by atoms with Crippen LogP contribution >= 0.6 is 0 Å². The lowest BCUT2D eigenvalue weighted by molar-refractivity contribution is -0.140. The van der Waals surface area contributed by atoms with Crippen LogP contribution in [-0.4, -0.2) is 24.8 Å². The van der Waals surface area contributed by atoms with E-state index in [2.05, 4.69) is 4.74 Å². The van der Waals surface area contributed by atoms with Gasteiger partial charge in [-0.1, -0.05) is 25.5 Å². The largest absolute Gasteiger partial charge is 0.508 e. The van der Waals surface area contributed by atoms with Gasteiger partial charge in [0.15, 0.2) is 0 Å². The Kier molecular flexibility index (Phi) is 5.77. The van der Waals surface area contributed by atoms with Crippen LogP contribution in [0.3, 0.4) is 0 Å². The van der Waals surface area contributed by atoms with Crippen molar-refractivity contribution in [3.8, 4) is 5.75 Å². The summed E-state index contributed by atoms with van der Waals surface area (Å²) < 4.78 is 10.1. The summed E-state index contributed by atoms with van der Waals surface area (Å²) in [5.74, 6) is -0.144. The third kappa shape index (κ3) is 4.49. The van der Waals surface area contributed by atoms with Crippen molar-refractivity contribution in [1.29, 1.82) is 0 Å². The highest BCUT2D eigenvalue weighted by molar-refractivity contribution is 5.91. The fourth-order valence-corrected chi connectivity index (χ4v) is 1.31. The summed E-state index contributed by atoms with van der Waals surface area (Å²) in [6.07, 6.45) is 3.47. The number of esters is 1. The van der Waals surface area contributed by atoms with Crippen LogP contribution in [0.1, 0.15) is 25.3 Å². The van der Waals surface area contributed by atoms with Crippen molar-refractivity contribution < 1.29 is 19.4 Å². The zero-order valence-corrected chi connectivity index (χ0v) is 10.7. The van der Waals surface area contributed by atoms with E-state index >= 15 is 0 Å². The molecule has 1 aromatic rings. The monoisotopic (exact) mass is 250 g/mol. The maximum Gasteiger partial charge on any atom is 0.373 e. The summed E-state index contributed by atoms with van der Waals surface area (Å²) in [7, 11) is 1.32. The minimum Gasteiger partial charge on any atom is -0.508 e. The molecule has 1 N–H and O–H groups in total. The number of rotatable bonds is 6. The van der Waals surface area contributed by atoms with Crippen molar-refractivity contribution in [2.45, 2.75) is 19.8 Å². The van der Waals surface area contributed by atoms with E-state index < -0.39 is 5.97 Å². The molecule has 1 aromatic carbocycles. The summed E-state index contributed by atoms with van der Waals surface area (Å²) in [5, 5.41) is 9.18. The summed E-state index contributed by atoms with van der Waals surface area (Å²) in [5.41, 5.74) is 0.768. The molecule has 0 aromatic heterocycles. The number of carbonyl (C=O) groups excluding carboxylic acids is 1. The summed E-state index contributed by atoms with van der Waals surface area (Å²) >= 11 is 0. The van der Waals surface area contributed by atoms with Gasteiger partial charge in [-0.25, -0.2) is 4.79 Å². The van der Waals surface area contributed by atoms with E-state index in [0.717, 1.165) is 18.4 Å². The van der Waals surface area contributed by atoms with E-state index in [9.17, 15) is 9.90 Å². The Morgan fingerprint density at radius 3 is 2.56 bits per heavy atom. The van der Waals surface area contributed by atoms with Gasteiger partial charge in [-0.2, -0.15) is 0 Å². The molecule has 4 nitrogen and oxygen atoms in total. The first-order valence-corrected chi connectivity index (χ1v) is 5.89. The first-order chi connectivity index (χ1) is 8.67. The van der Waals surface area contributed by atoms with Crippen LogP contribution < -0.4 is 0 Å². The van der Waals surface area contributed by atoms with Crippen LogP contribution in [0.2, 0.25) is 0 Å². The molecule has 0 spiro atoms. The summed E-state index contributed by atoms with van der Waals surface area (Å²) in [6.45, 7) is 2.53. The Balaban J connectivity index is 2.80. The zero-order chi connectivity index (χ0) is 13.4. The second-order valence-electron chi connectivity index (χ2n) is 3.79. The molecule has 0 fully saturated rings. The second-order valence-corrected chi connectivity index (χ2v) is 3.79. The van der Waals surface area contributed by atoms with Gasteiger partial charge < -0.3 is 14.6 Å². The number of phenols is 1. The SMILES string of the molecule is CCCCO/C(=C\c1ccc(O)cc1)C(=O)OC. The lowest BCUT2D eigenvalue weighted by atomic mass is 10.2. The van der Waals surface area contributed by atoms with Gasteiger partial charge in [0.25, 0.3) is 0 Å². The van der Waals surface area contributed by atoms with Gasteiger partial charge in [0.1, 0.15) is 5.75 Å². The van der Waals surface area contributed by atoms with Crippen molar-refractivity contribution in [3.63, 3.8) is 0 Å². The molecule has 0 aliphatic carbocycles. The molecule has 0 heterocycles. The van der Waals surface area contributed by atoms with Crippen molar-refractivity contribution in [2.75, 3.05) is 13.7 Å². The molecule has 0 amide bonds. The Morgan fingerprint density at radius 2 is 2.00 bits per heavy atom. The van der Waals surface area contributed by atoms with E-state index in [0.29, 0.717) is 6.61 Å². The molecule has 18 heavy (non-hydrogen) atoms. The topological polar surface area (TPSA) is 55.8 Å².